The lowest BCUT2D eigenvalue weighted by Crippen LogP contribution is -2.50. The highest BCUT2D eigenvalue weighted by atomic mass is 15.2. The Balaban J connectivity index is 1.76. The van der Waals surface area contributed by atoms with Crippen molar-refractivity contribution < 1.29 is 0 Å². The summed E-state index contributed by atoms with van der Waals surface area (Å²) >= 11 is 0. The Morgan fingerprint density at radius 1 is 1.10 bits per heavy atom. The minimum atomic E-state index is 0.441. The number of rotatable bonds is 1. The normalized spacial score (nSPS) is 29.9. The van der Waals surface area contributed by atoms with E-state index in [0.717, 1.165) is 29.7 Å². The molecule has 2 aliphatic heterocycles. The van der Waals surface area contributed by atoms with Gasteiger partial charge in [-0.15, -0.1) is 0 Å². The van der Waals surface area contributed by atoms with Crippen LogP contribution in [0.5, 0.6) is 0 Å². The number of imidazole rings is 1. The molecule has 112 valence electrons. The molecule has 0 aromatic carbocycles. The summed E-state index contributed by atoms with van der Waals surface area (Å²) in [6.07, 6.45) is 6.31. The van der Waals surface area contributed by atoms with Crippen molar-refractivity contribution in [3.63, 3.8) is 0 Å². The SMILES string of the molecule is Cc1ccc2nc(N)n(C3CC4CCCC(C3)N4C)c2n1. The molecule has 2 aliphatic rings. The number of piperidine rings is 2. The summed E-state index contributed by atoms with van der Waals surface area (Å²) < 4.78 is 2.20. The monoisotopic (exact) mass is 285 g/mol. The molecular weight excluding hydrogens is 262 g/mol. The van der Waals surface area contributed by atoms with E-state index in [1.807, 2.05) is 19.1 Å². The summed E-state index contributed by atoms with van der Waals surface area (Å²) in [6, 6.07) is 5.84. The summed E-state index contributed by atoms with van der Waals surface area (Å²) in [7, 11) is 2.28. The molecule has 2 N–H and O–H groups in total. The van der Waals surface area contributed by atoms with Crippen LogP contribution in [-0.4, -0.2) is 38.6 Å². The molecule has 0 saturated carbocycles. The van der Waals surface area contributed by atoms with E-state index in [4.69, 9.17) is 10.7 Å². The molecule has 2 unspecified atom stereocenters. The molecule has 5 nitrogen and oxygen atoms in total. The van der Waals surface area contributed by atoms with E-state index in [9.17, 15) is 0 Å². The van der Waals surface area contributed by atoms with E-state index in [2.05, 4.69) is 21.5 Å². The zero-order valence-electron chi connectivity index (χ0n) is 12.8. The zero-order valence-corrected chi connectivity index (χ0v) is 12.8. The maximum Gasteiger partial charge on any atom is 0.202 e. The lowest BCUT2D eigenvalue weighted by atomic mass is 9.82. The molecule has 4 rings (SSSR count). The second-order valence-corrected chi connectivity index (χ2v) is 6.66. The highest BCUT2D eigenvalue weighted by Gasteiger charge is 2.37. The van der Waals surface area contributed by atoms with E-state index in [-0.39, 0.29) is 0 Å². The van der Waals surface area contributed by atoms with E-state index < -0.39 is 0 Å². The fourth-order valence-corrected chi connectivity index (χ4v) is 4.24. The number of nitrogen functional groups attached to an aromatic ring is 1. The Morgan fingerprint density at radius 3 is 2.52 bits per heavy atom. The zero-order chi connectivity index (χ0) is 14.6. The molecule has 0 spiro atoms. The van der Waals surface area contributed by atoms with Gasteiger partial charge in [0.25, 0.3) is 0 Å². The number of anilines is 1. The summed E-state index contributed by atoms with van der Waals surface area (Å²) in [5.41, 5.74) is 9.12. The molecule has 2 atom stereocenters. The lowest BCUT2D eigenvalue weighted by Gasteiger charge is -2.47. The second kappa shape index (κ2) is 4.70. The van der Waals surface area contributed by atoms with Crippen molar-refractivity contribution in [2.75, 3.05) is 12.8 Å². The van der Waals surface area contributed by atoms with E-state index in [0.29, 0.717) is 24.1 Å². The number of aromatic nitrogens is 3. The molecule has 2 bridgehead atoms. The van der Waals surface area contributed by atoms with Gasteiger partial charge in [-0.2, -0.15) is 0 Å². The van der Waals surface area contributed by atoms with Crippen LogP contribution in [-0.2, 0) is 0 Å². The van der Waals surface area contributed by atoms with Crippen LogP contribution in [0.25, 0.3) is 11.2 Å². The van der Waals surface area contributed by atoms with Crippen molar-refractivity contribution in [2.45, 2.75) is 57.2 Å². The predicted molar refractivity (Wildman–Crippen MR) is 84.1 cm³/mol. The highest BCUT2D eigenvalue weighted by molar-refractivity contribution is 5.74. The first kappa shape index (κ1) is 13.1. The molecule has 2 saturated heterocycles. The minimum Gasteiger partial charge on any atom is -0.369 e. The van der Waals surface area contributed by atoms with E-state index >= 15 is 0 Å². The number of aryl methyl sites for hydroxylation is 1. The van der Waals surface area contributed by atoms with Gasteiger partial charge in [-0.05, 0) is 51.8 Å². The van der Waals surface area contributed by atoms with Gasteiger partial charge in [0.15, 0.2) is 5.65 Å². The summed E-state index contributed by atoms with van der Waals surface area (Å²) in [5, 5.41) is 0. The first-order valence-electron chi connectivity index (χ1n) is 7.96. The third-order valence-electron chi connectivity index (χ3n) is 5.38. The molecule has 21 heavy (non-hydrogen) atoms. The minimum absolute atomic E-state index is 0.441. The van der Waals surface area contributed by atoms with Crippen LogP contribution in [0, 0.1) is 6.92 Å². The van der Waals surface area contributed by atoms with Crippen molar-refractivity contribution in [3.05, 3.63) is 17.8 Å². The van der Waals surface area contributed by atoms with Crippen molar-refractivity contribution in [2.24, 2.45) is 0 Å². The van der Waals surface area contributed by atoms with Crippen LogP contribution in [0.3, 0.4) is 0 Å². The Bertz CT molecular complexity index is 663. The molecule has 2 aromatic rings. The summed E-state index contributed by atoms with van der Waals surface area (Å²) in [5.74, 6) is 0.621. The van der Waals surface area contributed by atoms with Gasteiger partial charge in [0, 0.05) is 23.8 Å². The van der Waals surface area contributed by atoms with Crippen LogP contribution in [0.2, 0.25) is 0 Å². The average molecular weight is 285 g/mol. The van der Waals surface area contributed by atoms with Crippen LogP contribution in [0.1, 0.15) is 43.8 Å². The molecular formula is C16H23N5. The van der Waals surface area contributed by atoms with Crippen LogP contribution in [0.15, 0.2) is 12.1 Å². The van der Waals surface area contributed by atoms with Crippen LogP contribution in [0.4, 0.5) is 5.95 Å². The molecule has 4 heterocycles. The third-order valence-corrected chi connectivity index (χ3v) is 5.38. The van der Waals surface area contributed by atoms with Crippen molar-refractivity contribution in [1.29, 1.82) is 0 Å². The number of hydrogen-bond donors (Lipinski definition) is 1. The smallest absolute Gasteiger partial charge is 0.202 e. The van der Waals surface area contributed by atoms with E-state index in [1.54, 1.807) is 0 Å². The number of pyridine rings is 1. The van der Waals surface area contributed by atoms with Gasteiger partial charge in [-0.1, -0.05) is 6.42 Å². The van der Waals surface area contributed by atoms with Gasteiger partial charge in [0.2, 0.25) is 5.95 Å². The Labute approximate surface area is 125 Å². The number of nitrogens with two attached hydrogens (primary N) is 1. The third kappa shape index (κ3) is 2.02. The van der Waals surface area contributed by atoms with Gasteiger partial charge in [-0.25, -0.2) is 9.97 Å². The predicted octanol–water partition coefficient (Wildman–Crippen LogP) is 2.51. The largest absolute Gasteiger partial charge is 0.369 e. The molecule has 0 amide bonds. The lowest BCUT2D eigenvalue weighted by molar-refractivity contribution is 0.0414. The Hall–Kier alpha value is -1.62. The fourth-order valence-electron chi connectivity index (χ4n) is 4.24. The second-order valence-electron chi connectivity index (χ2n) is 6.66. The van der Waals surface area contributed by atoms with Crippen molar-refractivity contribution >= 4 is 17.1 Å². The van der Waals surface area contributed by atoms with Gasteiger partial charge in [-0.3, -0.25) is 4.57 Å². The highest BCUT2D eigenvalue weighted by Crippen LogP contribution is 2.40. The molecule has 5 heteroatoms. The Kier molecular flexibility index (Phi) is 2.92. The topological polar surface area (TPSA) is 60.0 Å². The Morgan fingerprint density at radius 2 is 1.81 bits per heavy atom. The number of nitrogens with zero attached hydrogens (tertiary/aromatic N) is 4. The first-order chi connectivity index (χ1) is 10.1. The maximum absolute atomic E-state index is 6.22. The van der Waals surface area contributed by atoms with Crippen LogP contribution < -0.4 is 5.73 Å². The maximum atomic E-state index is 6.22. The molecule has 0 aliphatic carbocycles. The van der Waals surface area contributed by atoms with Gasteiger partial charge in [0.1, 0.15) is 5.52 Å². The number of fused-ring (bicyclic) bond motifs is 3. The van der Waals surface area contributed by atoms with E-state index in [1.165, 1.54) is 19.3 Å². The van der Waals surface area contributed by atoms with Crippen molar-refractivity contribution in [3.8, 4) is 0 Å². The standard InChI is InChI=1S/C16H23N5/c1-10-6-7-14-15(18-10)21(16(17)19-14)13-8-11-4-3-5-12(9-13)20(11)2/h6-7,11-13H,3-5,8-9H2,1-2H3,(H2,17,19). The average Bonchev–Trinajstić information content (AvgIpc) is 2.74. The fraction of sp³-hybridized carbons (Fsp3) is 0.625. The van der Waals surface area contributed by atoms with Crippen molar-refractivity contribution in [1.82, 2.24) is 19.4 Å². The molecule has 0 radical (unpaired) electrons. The van der Waals surface area contributed by atoms with Gasteiger partial charge in [0.05, 0.1) is 0 Å². The number of hydrogen-bond acceptors (Lipinski definition) is 4. The summed E-state index contributed by atoms with van der Waals surface area (Å²) in [4.78, 5) is 11.8. The molecule has 2 aromatic heterocycles. The summed E-state index contributed by atoms with van der Waals surface area (Å²) in [6.45, 7) is 2.02. The van der Waals surface area contributed by atoms with Gasteiger partial charge >= 0.3 is 0 Å². The first-order valence-corrected chi connectivity index (χ1v) is 7.96. The quantitative estimate of drug-likeness (QED) is 0.874. The molecule has 2 fully saturated rings. The van der Waals surface area contributed by atoms with Gasteiger partial charge < -0.3 is 10.6 Å². The van der Waals surface area contributed by atoms with Crippen LogP contribution >= 0.6 is 0 Å².